The maximum absolute atomic E-state index is 6.34. The zero-order chi connectivity index (χ0) is 17.2. The van der Waals surface area contributed by atoms with Crippen molar-refractivity contribution in [3.05, 3.63) is 35.0 Å². The van der Waals surface area contributed by atoms with Gasteiger partial charge in [0.1, 0.15) is 5.76 Å². The first kappa shape index (κ1) is 16.8. The van der Waals surface area contributed by atoms with Gasteiger partial charge >= 0.3 is 0 Å². The third kappa shape index (κ3) is 3.80. The number of aromatic nitrogens is 3. The minimum Gasteiger partial charge on any atom is -0.375 e. The largest absolute Gasteiger partial charge is 0.375 e. The predicted molar refractivity (Wildman–Crippen MR) is 94.0 cm³/mol. The van der Waals surface area contributed by atoms with Crippen molar-refractivity contribution in [1.29, 1.82) is 0 Å². The molecule has 25 heavy (non-hydrogen) atoms. The zero-order valence-corrected chi connectivity index (χ0v) is 15.3. The van der Waals surface area contributed by atoms with Gasteiger partial charge in [-0.1, -0.05) is 18.0 Å². The van der Waals surface area contributed by atoms with Gasteiger partial charge in [-0.25, -0.2) is 0 Å². The van der Waals surface area contributed by atoms with Crippen LogP contribution in [0.25, 0.3) is 0 Å². The molecule has 1 aliphatic heterocycles. The molecular weight excluding hydrogens is 316 g/mol. The molecule has 2 aromatic heterocycles. The van der Waals surface area contributed by atoms with Gasteiger partial charge < -0.3 is 9.26 Å². The molecule has 6 nitrogen and oxygen atoms in total. The van der Waals surface area contributed by atoms with Crippen LogP contribution in [0.2, 0.25) is 0 Å². The Labute approximate surface area is 149 Å². The summed E-state index contributed by atoms with van der Waals surface area (Å²) in [7, 11) is 0. The molecule has 1 fully saturated rings. The summed E-state index contributed by atoms with van der Waals surface area (Å²) in [6.07, 6.45) is 7.44. The smallest absolute Gasteiger partial charge is 0.138 e. The van der Waals surface area contributed by atoms with Gasteiger partial charge in [-0.2, -0.15) is 5.10 Å². The van der Waals surface area contributed by atoms with Crippen LogP contribution in [0.5, 0.6) is 0 Å². The predicted octanol–water partition coefficient (Wildman–Crippen LogP) is 3.08. The number of rotatable bonds is 5. The maximum atomic E-state index is 6.34. The van der Waals surface area contributed by atoms with Gasteiger partial charge in [0.2, 0.25) is 0 Å². The first-order valence-electron chi connectivity index (χ1n) is 9.45. The highest BCUT2D eigenvalue weighted by molar-refractivity contribution is 5.20. The lowest BCUT2D eigenvalue weighted by Crippen LogP contribution is -2.34. The zero-order valence-electron chi connectivity index (χ0n) is 15.3. The first-order valence-corrected chi connectivity index (χ1v) is 9.45. The molecule has 1 saturated carbocycles. The van der Waals surface area contributed by atoms with E-state index in [0.29, 0.717) is 0 Å². The number of ether oxygens (including phenoxy) is 1. The summed E-state index contributed by atoms with van der Waals surface area (Å²) in [5.41, 5.74) is 3.43. The van der Waals surface area contributed by atoms with Crippen LogP contribution in [0.4, 0.5) is 0 Å². The van der Waals surface area contributed by atoms with E-state index in [0.717, 1.165) is 50.2 Å². The molecule has 4 rings (SSSR count). The van der Waals surface area contributed by atoms with Crippen LogP contribution in [0, 0.1) is 19.8 Å². The van der Waals surface area contributed by atoms with Crippen LogP contribution < -0.4 is 0 Å². The van der Waals surface area contributed by atoms with Crippen molar-refractivity contribution < 1.29 is 9.26 Å². The second-order valence-corrected chi connectivity index (χ2v) is 7.58. The Morgan fingerprint density at radius 3 is 2.84 bits per heavy atom. The molecule has 0 amide bonds. The summed E-state index contributed by atoms with van der Waals surface area (Å²) in [4.78, 5) is 2.44. The van der Waals surface area contributed by atoms with Gasteiger partial charge in [0.15, 0.2) is 0 Å². The minimum absolute atomic E-state index is 0.183. The molecule has 0 saturated heterocycles. The van der Waals surface area contributed by atoms with E-state index in [2.05, 4.69) is 25.9 Å². The first-order chi connectivity index (χ1) is 12.2. The van der Waals surface area contributed by atoms with Crippen molar-refractivity contribution in [2.24, 2.45) is 5.92 Å². The minimum atomic E-state index is 0.183. The van der Waals surface area contributed by atoms with E-state index in [-0.39, 0.29) is 6.10 Å². The average Bonchev–Trinajstić information content (AvgIpc) is 3.30. The van der Waals surface area contributed by atoms with Crippen LogP contribution in [0.1, 0.15) is 48.4 Å². The van der Waals surface area contributed by atoms with Crippen molar-refractivity contribution in [1.82, 2.24) is 19.8 Å². The summed E-state index contributed by atoms with van der Waals surface area (Å²) < 4.78 is 13.8. The van der Waals surface area contributed by atoms with Crippen LogP contribution in [0.3, 0.4) is 0 Å². The molecule has 0 unspecified atom stereocenters. The quantitative estimate of drug-likeness (QED) is 0.834. The number of nitrogens with zero attached hydrogens (tertiary/aromatic N) is 4. The number of aryl methyl sites for hydroxylation is 2. The van der Waals surface area contributed by atoms with E-state index in [4.69, 9.17) is 9.26 Å². The molecule has 1 aliphatic carbocycles. The summed E-state index contributed by atoms with van der Waals surface area (Å²) in [6.45, 7) is 8.38. The molecule has 0 N–H and O–H groups in total. The van der Waals surface area contributed by atoms with Crippen LogP contribution in [-0.2, 0) is 24.4 Å². The Hall–Kier alpha value is -1.66. The van der Waals surface area contributed by atoms with Crippen LogP contribution in [-0.4, -0.2) is 39.1 Å². The fourth-order valence-electron chi connectivity index (χ4n) is 4.12. The van der Waals surface area contributed by atoms with E-state index in [1.807, 2.05) is 20.0 Å². The average molecular weight is 344 g/mol. The van der Waals surface area contributed by atoms with Gasteiger partial charge in [0.25, 0.3) is 0 Å². The third-order valence-corrected chi connectivity index (χ3v) is 5.63. The normalized spacial score (nSPS) is 22.2. The maximum Gasteiger partial charge on any atom is 0.138 e. The number of hydrogen-bond acceptors (Lipinski definition) is 5. The molecule has 3 heterocycles. The fourth-order valence-corrected chi connectivity index (χ4v) is 4.12. The van der Waals surface area contributed by atoms with Gasteiger partial charge in [0, 0.05) is 38.0 Å². The molecule has 6 heteroatoms. The molecular formula is C19H28N4O2. The highest BCUT2D eigenvalue weighted by Gasteiger charge is 2.26. The van der Waals surface area contributed by atoms with E-state index in [9.17, 15) is 0 Å². The molecule has 1 atom stereocenters. The second kappa shape index (κ2) is 7.30. The molecule has 2 aliphatic rings. The van der Waals surface area contributed by atoms with E-state index in [1.54, 1.807) is 0 Å². The second-order valence-electron chi connectivity index (χ2n) is 7.58. The molecule has 0 bridgehead atoms. The lowest BCUT2D eigenvalue weighted by Gasteiger charge is -2.25. The fraction of sp³-hybridized carbons (Fsp3) is 0.684. The Bertz CT molecular complexity index is 683. The summed E-state index contributed by atoms with van der Waals surface area (Å²) in [5, 5.41) is 8.59. The third-order valence-electron chi connectivity index (χ3n) is 5.63. The van der Waals surface area contributed by atoms with E-state index < -0.39 is 0 Å². The number of hydrogen-bond donors (Lipinski definition) is 0. The van der Waals surface area contributed by atoms with Crippen LogP contribution in [0.15, 0.2) is 16.8 Å². The van der Waals surface area contributed by atoms with Crippen molar-refractivity contribution in [2.75, 3.05) is 13.2 Å². The van der Waals surface area contributed by atoms with Gasteiger partial charge in [-0.15, -0.1) is 0 Å². The Balaban J connectivity index is 1.46. The van der Waals surface area contributed by atoms with Gasteiger partial charge in [-0.05, 0) is 38.7 Å². The summed E-state index contributed by atoms with van der Waals surface area (Å²) >= 11 is 0. The molecule has 0 aromatic carbocycles. The van der Waals surface area contributed by atoms with Crippen LogP contribution >= 0.6 is 0 Å². The standard InChI is InChI=1S/C19H28N4O2/c1-14-19(15(2)25-21-14)12-22-9-17-7-8-20-23(17)11-18(10-22)24-13-16-5-3-4-6-16/h7-8,16,18H,3-6,9-13H2,1-2H3/t18-/m1/s1. The monoisotopic (exact) mass is 344 g/mol. The van der Waals surface area contributed by atoms with Crippen molar-refractivity contribution in [3.8, 4) is 0 Å². The summed E-state index contributed by atoms with van der Waals surface area (Å²) in [5.74, 6) is 1.66. The Kier molecular flexibility index (Phi) is 4.90. The molecule has 136 valence electrons. The van der Waals surface area contributed by atoms with Crippen molar-refractivity contribution in [3.63, 3.8) is 0 Å². The topological polar surface area (TPSA) is 56.3 Å². The van der Waals surface area contributed by atoms with E-state index in [1.165, 1.54) is 36.9 Å². The van der Waals surface area contributed by atoms with Gasteiger partial charge in [-0.3, -0.25) is 9.58 Å². The SMILES string of the molecule is Cc1noc(C)c1CN1Cc2ccnn2C[C@H](OCC2CCCC2)C1. The Morgan fingerprint density at radius 1 is 1.24 bits per heavy atom. The van der Waals surface area contributed by atoms with Crippen molar-refractivity contribution >= 4 is 0 Å². The molecule has 0 spiro atoms. The molecule has 2 aromatic rings. The molecule has 0 radical (unpaired) electrons. The van der Waals surface area contributed by atoms with Gasteiger partial charge in [0.05, 0.1) is 24.0 Å². The summed E-state index contributed by atoms with van der Waals surface area (Å²) in [6, 6.07) is 2.11. The lowest BCUT2D eigenvalue weighted by atomic mass is 10.1. The van der Waals surface area contributed by atoms with E-state index >= 15 is 0 Å². The Morgan fingerprint density at radius 2 is 2.08 bits per heavy atom. The van der Waals surface area contributed by atoms with Crippen molar-refractivity contribution in [2.45, 2.75) is 65.3 Å². The lowest BCUT2D eigenvalue weighted by molar-refractivity contribution is 0.000405. The highest BCUT2D eigenvalue weighted by Crippen LogP contribution is 2.26. The number of fused-ring (bicyclic) bond motifs is 1. The highest BCUT2D eigenvalue weighted by atomic mass is 16.5.